The largest absolute Gasteiger partial charge is 0.309 e. The summed E-state index contributed by atoms with van der Waals surface area (Å²) in [6.45, 7) is 7.22. The summed E-state index contributed by atoms with van der Waals surface area (Å²) in [5.74, 6) is 0.692. The minimum Gasteiger partial charge on any atom is -0.309 e. The number of benzene rings is 8. The lowest BCUT2D eigenvalue weighted by molar-refractivity contribution is 1.16. The molecule has 11 aromatic rings. The van der Waals surface area contributed by atoms with Crippen molar-refractivity contribution in [2.45, 2.75) is 19.6 Å². The lowest BCUT2D eigenvalue weighted by atomic mass is 10.0. The highest BCUT2D eigenvalue weighted by molar-refractivity contribution is 6.88. The van der Waals surface area contributed by atoms with Crippen molar-refractivity contribution >= 4 is 56.9 Å². The minimum atomic E-state index is -1.43. The third-order valence-corrected chi connectivity index (χ3v) is 14.0. The number of hydrogen-bond donors (Lipinski definition) is 0. The molecule has 5 heteroatoms. The van der Waals surface area contributed by atoms with E-state index in [0.29, 0.717) is 5.82 Å². The Bertz CT molecular complexity index is 3330. The van der Waals surface area contributed by atoms with Gasteiger partial charge in [-0.1, -0.05) is 170 Å². The van der Waals surface area contributed by atoms with E-state index in [1.807, 2.05) is 12.1 Å². The monoisotopic (exact) mass is 786 g/mol. The standard InChI is InChI=1S/C55H42N4Si/c1-60(2,3)44-29-27-42(28-30-44)58-51-23-12-10-21-45(51)47-31-25-39(34-53(47)58)40-26-32-48-46-22-11-13-24-52(46)59(54(48)35-40)43-20-14-19-41(33-43)55-56-49(37-15-6-4-7-16-37)36-50(57-55)38-17-8-5-9-18-38/h4-36H,1-3H3. The van der Waals surface area contributed by atoms with Crippen LogP contribution in [-0.4, -0.2) is 27.2 Å². The zero-order chi connectivity index (χ0) is 40.4. The second-order valence-electron chi connectivity index (χ2n) is 16.7. The van der Waals surface area contributed by atoms with Crippen molar-refractivity contribution in [3.63, 3.8) is 0 Å². The number of para-hydroxylation sites is 2. The molecule has 0 bridgehead atoms. The predicted octanol–water partition coefficient (Wildman–Crippen LogP) is 13.9. The summed E-state index contributed by atoms with van der Waals surface area (Å²) in [5.41, 5.74) is 14.2. The second-order valence-corrected chi connectivity index (χ2v) is 21.8. The summed E-state index contributed by atoms with van der Waals surface area (Å²) in [5, 5.41) is 6.41. The van der Waals surface area contributed by atoms with Crippen LogP contribution in [0, 0.1) is 0 Å². The van der Waals surface area contributed by atoms with Crippen molar-refractivity contribution in [1.29, 1.82) is 0 Å². The van der Waals surface area contributed by atoms with Crippen molar-refractivity contribution < 1.29 is 0 Å². The van der Waals surface area contributed by atoms with Crippen LogP contribution in [0.3, 0.4) is 0 Å². The molecule has 0 amide bonds. The normalized spacial score (nSPS) is 11.9. The third-order valence-electron chi connectivity index (χ3n) is 11.9. The Morgan fingerprint density at radius 2 is 0.800 bits per heavy atom. The molecule has 0 aliphatic carbocycles. The summed E-state index contributed by atoms with van der Waals surface area (Å²) < 4.78 is 4.83. The second kappa shape index (κ2) is 14.2. The van der Waals surface area contributed by atoms with E-state index in [4.69, 9.17) is 9.97 Å². The first-order chi connectivity index (χ1) is 29.4. The predicted molar refractivity (Wildman–Crippen MR) is 255 cm³/mol. The number of rotatable bonds is 7. The first-order valence-electron chi connectivity index (χ1n) is 20.7. The molecule has 0 saturated heterocycles. The molecule has 11 rings (SSSR count). The van der Waals surface area contributed by atoms with Crippen LogP contribution in [-0.2, 0) is 0 Å². The molecule has 0 fully saturated rings. The molecule has 3 aromatic heterocycles. The molecule has 0 aliphatic rings. The number of hydrogen-bond acceptors (Lipinski definition) is 2. The van der Waals surface area contributed by atoms with Gasteiger partial charge in [0.2, 0.25) is 0 Å². The molecule has 60 heavy (non-hydrogen) atoms. The van der Waals surface area contributed by atoms with Gasteiger partial charge in [0.1, 0.15) is 0 Å². The van der Waals surface area contributed by atoms with Crippen LogP contribution in [0.4, 0.5) is 0 Å². The molecule has 286 valence electrons. The van der Waals surface area contributed by atoms with Crippen LogP contribution in [0.15, 0.2) is 200 Å². The molecule has 0 unspecified atom stereocenters. The van der Waals surface area contributed by atoms with Gasteiger partial charge < -0.3 is 9.13 Å². The topological polar surface area (TPSA) is 35.6 Å². The Morgan fingerprint density at radius 1 is 0.333 bits per heavy atom. The van der Waals surface area contributed by atoms with Gasteiger partial charge in [-0.3, -0.25) is 0 Å². The smallest absolute Gasteiger partial charge is 0.160 e. The van der Waals surface area contributed by atoms with Crippen molar-refractivity contribution in [3.8, 4) is 56.4 Å². The fourth-order valence-corrected chi connectivity index (χ4v) is 10.0. The molecular formula is C55H42N4Si. The first-order valence-corrected chi connectivity index (χ1v) is 24.2. The summed E-state index contributed by atoms with van der Waals surface area (Å²) in [6, 6.07) is 72.1. The maximum atomic E-state index is 5.16. The van der Waals surface area contributed by atoms with Gasteiger partial charge in [0.15, 0.2) is 5.82 Å². The zero-order valence-electron chi connectivity index (χ0n) is 33.8. The molecular weight excluding hydrogens is 745 g/mol. The fourth-order valence-electron chi connectivity index (χ4n) is 8.84. The van der Waals surface area contributed by atoms with Crippen molar-refractivity contribution in [2.24, 2.45) is 0 Å². The van der Waals surface area contributed by atoms with E-state index in [9.17, 15) is 0 Å². The van der Waals surface area contributed by atoms with E-state index in [0.717, 1.165) is 44.8 Å². The van der Waals surface area contributed by atoms with Gasteiger partial charge >= 0.3 is 0 Å². The van der Waals surface area contributed by atoms with Gasteiger partial charge in [0.05, 0.1) is 41.5 Å². The van der Waals surface area contributed by atoms with E-state index >= 15 is 0 Å². The number of nitrogens with zero attached hydrogens (tertiary/aromatic N) is 4. The number of aromatic nitrogens is 4. The highest BCUT2D eigenvalue weighted by atomic mass is 28.3. The van der Waals surface area contributed by atoms with Crippen LogP contribution in [0.1, 0.15) is 0 Å². The van der Waals surface area contributed by atoms with Crippen LogP contribution >= 0.6 is 0 Å². The Morgan fingerprint density at radius 3 is 1.33 bits per heavy atom. The molecule has 4 nitrogen and oxygen atoms in total. The van der Waals surface area contributed by atoms with Gasteiger partial charge in [0, 0.05) is 49.6 Å². The maximum absolute atomic E-state index is 5.16. The highest BCUT2D eigenvalue weighted by Crippen LogP contribution is 2.39. The molecule has 8 aromatic carbocycles. The summed E-state index contributed by atoms with van der Waals surface area (Å²) in [6.07, 6.45) is 0. The molecule has 0 N–H and O–H groups in total. The number of fused-ring (bicyclic) bond motifs is 6. The molecule has 0 radical (unpaired) electrons. The quantitative estimate of drug-likeness (QED) is 0.151. The lowest BCUT2D eigenvalue weighted by Gasteiger charge is -2.17. The SMILES string of the molecule is C[Si](C)(C)c1ccc(-n2c3ccccc3c3ccc(-c4ccc5c6ccccc6n(-c6cccc(-c7nc(-c8ccccc8)cc(-c8ccccc8)n7)c6)c5c4)cc32)cc1. The van der Waals surface area contributed by atoms with Gasteiger partial charge in [-0.25, -0.2) is 9.97 Å². The first kappa shape index (κ1) is 35.8. The Kier molecular flexibility index (Phi) is 8.46. The van der Waals surface area contributed by atoms with E-state index in [-0.39, 0.29) is 0 Å². The van der Waals surface area contributed by atoms with Crippen molar-refractivity contribution in [1.82, 2.24) is 19.1 Å². The average Bonchev–Trinajstić information content (AvgIpc) is 3.81. The average molecular weight is 787 g/mol. The summed E-state index contributed by atoms with van der Waals surface area (Å²) in [7, 11) is -1.43. The van der Waals surface area contributed by atoms with E-state index in [1.54, 1.807) is 0 Å². The molecule has 3 heterocycles. The minimum absolute atomic E-state index is 0.692. The van der Waals surface area contributed by atoms with E-state index in [2.05, 4.69) is 217 Å². The fraction of sp³-hybridized carbons (Fsp3) is 0.0545. The van der Waals surface area contributed by atoms with Crippen molar-refractivity contribution in [2.75, 3.05) is 0 Å². The Hall–Kier alpha value is -7.34. The van der Waals surface area contributed by atoms with Crippen LogP contribution < -0.4 is 5.19 Å². The summed E-state index contributed by atoms with van der Waals surface area (Å²) in [4.78, 5) is 10.3. The molecule has 0 atom stereocenters. The van der Waals surface area contributed by atoms with Gasteiger partial charge in [-0.2, -0.15) is 0 Å². The zero-order valence-corrected chi connectivity index (χ0v) is 34.8. The van der Waals surface area contributed by atoms with Crippen LogP contribution in [0.25, 0.3) is 100 Å². The van der Waals surface area contributed by atoms with Crippen molar-refractivity contribution in [3.05, 3.63) is 200 Å². The lowest BCUT2D eigenvalue weighted by Crippen LogP contribution is -2.37. The van der Waals surface area contributed by atoms with Crippen LogP contribution in [0.5, 0.6) is 0 Å². The van der Waals surface area contributed by atoms with Gasteiger partial charge in [0.25, 0.3) is 0 Å². The molecule has 0 aliphatic heterocycles. The Balaban J connectivity index is 1.07. The highest BCUT2D eigenvalue weighted by Gasteiger charge is 2.19. The third kappa shape index (κ3) is 6.14. The van der Waals surface area contributed by atoms with Crippen LogP contribution in [0.2, 0.25) is 19.6 Å². The van der Waals surface area contributed by atoms with E-state index < -0.39 is 8.07 Å². The summed E-state index contributed by atoms with van der Waals surface area (Å²) >= 11 is 0. The Labute approximate surface area is 350 Å². The van der Waals surface area contributed by atoms with Gasteiger partial charge in [-0.05, 0) is 65.7 Å². The molecule has 0 saturated carbocycles. The van der Waals surface area contributed by atoms with Gasteiger partial charge in [-0.15, -0.1) is 0 Å². The van der Waals surface area contributed by atoms with E-state index in [1.165, 1.54) is 54.6 Å². The molecule has 0 spiro atoms. The maximum Gasteiger partial charge on any atom is 0.160 e.